The largest absolute Gasteiger partial charge is 0.298 e. The second-order valence-corrected chi connectivity index (χ2v) is 6.25. The first-order valence-corrected chi connectivity index (χ1v) is 8.29. The van der Waals surface area contributed by atoms with Crippen LogP contribution in [0.25, 0.3) is 16.7 Å². The minimum absolute atomic E-state index is 0.203. The van der Waals surface area contributed by atoms with Crippen molar-refractivity contribution in [3.05, 3.63) is 80.7 Å². The van der Waals surface area contributed by atoms with Gasteiger partial charge in [0.25, 0.3) is 5.56 Å². The van der Waals surface area contributed by atoms with Crippen LogP contribution in [0.5, 0.6) is 0 Å². The van der Waals surface area contributed by atoms with Crippen molar-refractivity contribution < 1.29 is 0 Å². The van der Waals surface area contributed by atoms with Crippen molar-refractivity contribution >= 4 is 34.9 Å². The lowest BCUT2D eigenvalue weighted by Gasteiger charge is -2.11. The molecule has 0 amide bonds. The molecule has 2 aromatic carbocycles. The number of hydrogen-bond donors (Lipinski definition) is 1. The monoisotopic (exact) mass is 369 g/mol. The number of para-hydroxylation sites is 2. The Hall–Kier alpha value is -2.77. The van der Waals surface area contributed by atoms with Gasteiger partial charge >= 0.3 is 0 Å². The standard InChI is InChI=1S/C17H12ClN5OS/c18-11-4-3-5-12(8-11)23-15(20-21-17(23)25)10-22-14-7-2-1-6-13(14)19-9-16(22)24/h1-9H,10H2,(H,21,25). The number of nitrogens with one attached hydrogen (secondary N) is 1. The molecule has 4 rings (SSSR count). The van der Waals surface area contributed by atoms with Crippen LogP contribution >= 0.6 is 23.8 Å². The summed E-state index contributed by atoms with van der Waals surface area (Å²) in [5.74, 6) is 0.603. The van der Waals surface area contributed by atoms with Crippen molar-refractivity contribution in [2.24, 2.45) is 0 Å². The molecule has 2 aromatic heterocycles. The smallest absolute Gasteiger partial charge is 0.269 e. The van der Waals surface area contributed by atoms with Gasteiger partial charge in [-0.3, -0.25) is 19.0 Å². The molecule has 25 heavy (non-hydrogen) atoms. The highest BCUT2D eigenvalue weighted by Crippen LogP contribution is 2.18. The second kappa shape index (κ2) is 6.27. The average Bonchev–Trinajstić information content (AvgIpc) is 2.98. The van der Waals surface area contributed by atoms with Gasteiger partial charge < -0.3 is 0 Å². The van der Waals surface area contributed by atoms with E-state index in [4.69, 9.17) is 23.8 Å². The molecular formula is C17H12ClN5OS. The topological polar surface area (TPSA) is 68.5 Å². The Balaban J connectivity index is 1.88. The van der Waals surface area contributed by atoms with Gasteiger partial charge in [-0.2, -0.15) is 5.10 Å². The highest BCUT2D eigenvalue weighted by molar-refractivity contribution is 7.71. The van der Waals surface area contributed by atoms with Gasteiger partial charge in [0, 0.05) is 5.02 Å². The van der Waals surface area contributed by atoms with Crippen LogP contribution in [0.1, 0.15) is 5.82 Å². The number of hydrogen-bond acceptors (Lipinski definition) is 4. The van der Waals surface area contributed by atoms with Crippen LogP contribution in [0.2, 0.25) is 5.02 Å². The van der Waals surface area contributed by atoms with E-state index in [0.717, 1.165) is 16.7 Å². The zero-order valence-corrected chi connectivity index (χ0v) is 14.5. The van der Waals surface area contributed by atoms with Gasteiger partial charge in [0.1, 0.15) is 0 Å². The van der Waals surface area contributed by atoms with Crippen LogP contribution in [0.3, 0.4) is 0 Å². The maximum absolute atomic E-state index is 12.4. The SMILES string of the molecule is O=c1cnc2ccccc2n1Cc1n[nH]c(=S)n1-c1cccc(Cl)c1. The number of nitrogens with zero attached hydrogens (tertiary/aromatic N) is 4. The van der Waals surface area contributed by atoms with E-state index in [9.17, 15) is 4.79 Å². The fraction of sp³-hybridized carbons (Fsp3) is 0.0588. The zero-order chi connectivity index (χ0) is 17.4. The number of rotatable bonds is 3. The van der Waals surface area contributed by atoms with Gasteiger partial charge in [-0.25, -0.2) is 4.98 Å². The van der Waals surface area contributed by atoms with Crippen molar-refractivity contribution in [3.8, 4) is 5.69 Å². The molecular weight excluding hydrogens is 358 g/mol. The molecule has 8 heteroatoms. The first-order chi connectivity index (χ1) is 12.1. The summed E-state index contributed by atoms with van der Waals surface area (Å²) in [6, 6.07) is 14.8. The molecule has 0 atom stereocenters. The van der Waals surface area contributed by atoms with Gasteiger partial charge in [0.2, 0.25) is 0 Å². The Morgan fingerprint density at radius 2 is 2.00 bits per heavy atom. The first kappa shape index (κ1) is 15.7. The maximum Gasteiger partial charge on any atom is 0.269 e. The van der Waals surface area contributed by atoms with E-state index in [1.165, 1.54) is 6.20 Å². The van der Waals surface area contributed by atoms with Crippen molar-refractivity contribution in [2.75, 3.05) is 0 Å². The number of H-pyrrole nitrogens is 1. The van der Waals surface area contributed by atoms with Gasteiger partial charge in [-0.05, 0) is 42.5 Å². The molecule has 0 spiro atoms. The molecule has 0 unspecified atom stereocenters. The molecule has 0 saturated carbocycles. The van der Waals surface area contributed by atoms with E-state index in [0.29, 0.717) is 15.6 Å². The summed E-state index contributed by atoms with van der Waals surface area (Å²) in [7, 11) is 0. The van der Waals surface area contributed by atoms with E-state index in [2.05, 4.69) is 15.2 Å². The highest BCUT2D eigenvalue weighted by atomic mass is 35.5. The van der Waals surface area contributed by atoms with Gasteiger partial charge in [0.15, 0.2) is 10.6 Å². The highest BCUT2D eigenvalue weighted by Gasteiger charge is 2.12. The molecule has 1 N–H and O–H groups in total. The quantitative estimate of drug-likeness (QED) is 0.562. The zero-order valence-electron chi connectivity index (χ0n) is 12.9. The third kappa shape index (κ3) is 2.88. The summed E-state index contributed by atoms with van der Waals surface area (Å²) in [5, 5.41) is 7.67. The van der Waals surface area contributed by atoms with Crippen molar-refractivity contribution in [1.82, 2.24) is 24.3 Å². The second-order valence-electron chi connectivity index (χ2n) is 5.43. The van der Waals surface area contributed by atoms with E-state index in [1.54, 1.807) is 21.3 Å². The van der Waals surface area contributed by atoms with Crippen LogP contribution in [-0.4, -0.2) is 24.3 Å². The summed E-state index contributed by atoms with van der Waals surface area (Å²) in [6.07, 6.45) is 1.31. The van der Waals surface area contributed by atoms with E-state index >= 15 is 0 Å². The van der Waals surface area contributed by atoms with E-state index in [-0.39, 0.29) is 12.1 Å². The number of halogens is 1. The number of aromatic amines is 1. The molecule has 0 saturated heterocycles. The third-order valence-corrected chi connectivity index (χ3v) is 4.37. The lowest BCUT2D eigenvalue weighted by Crippen LogP contribution is -2.22. The Kier molecular flexibility index (Phi) is 3.95. The lowest BCUT2D eigenvalue weighted by molar-refractivity contribution is 0.718. The molecule has 0 fully saturated rings. The van der Waals surface area contributed by atoms with E-state index < -0.39 is 0 Å². The molecule has 2 heterocycles. The van der Waals surface area contributed by atoms with Crippen LogP contribution in [0.15, 0.2) is 59.5 Å². The molecule has 0 radical (unpaired) electrons. The lowest BCUT2D eigenvalue weighted by atomic mass is 10.3. The summed E-state index contributed by atoms with van der Waals surface area (Å²) in [4.78, 5) is 16.5. The van der Waals surface area contributed by atoms with E-state index in [1.807, 2.05) is 36.4 Å². The Morgan fingerprint density at radius 3 is 2.84 bits per heavy atom. The summed E-state index contributed by atoms with van der Waals surface area (Å²) < 4.78 is 3.82. The normalized spacial score (nSPS) is 11.1. The molecule has 124 valence electrons. The Bertz CT molecular complexity index is 1190. The fourth-order valence-corrected chi connectivity index (χ4v) is 3.18. The average molecular weight is 370 g/mol. The minimum Gasteiger partial charge on any atom is -0.298 e. The van der Waals surface area contributed by atoms with Crippen molar-refractivity contribution in [1.29, 1.82) is 0 Å². The molecule has 0 aliphatic rings. The van der Waals surface area contributed by atoms with Crippen LogP contribution < -0.4 is 5.56 Å². The minimum atomic E-state index is -0.203. The molecule has 4 aromatic rings. The summed E-state index contributed by atoms with van der Waals surface area (Å²) in [5.41, 5.74) is 2.06. The number of benzene rings is 2. The van der Waals surface area contributed by atoms with Crippen LogP contribution in [0.4, 0.5) is 0 Å². The summed E-state index contributed by atoms with van der Waals surface area (Å²) >= 11 is 11.4. The Labute approximate surface area is 152 Å². The number of fused-ring (bicyclic) bond motifs is 1. The predicted octanol–water partition coefficient (Wildman–Crippen LogP) is 3.34. The maximum atomic E-state index is 12.4. The molecule has 6 nitrogen and oxygen atoms in total. The van der Waals surface area contributed by atoms with Crippen molar-refractivity contribution in [2.45, 2.75) is 6.54 Å². The van der Waals surface area contributed by atoms with Crippen LogP contribution in [-0.2, 0) is 6.54 Å². The number of aromatic nitrogens is 5. The van der Waals surface area contributed by atoms with Crippen molar-refractivity contribution in [3.63, 3.8) is 0 Å². The predicted molar refractivity (Wildman–Crippen MR) is 98.9 cm³/mol. The van der Waals surface area contributed by atoms with Gasteiger partial charge in [0.05, 0.1) is 29.5 Å². The molecule has 0 bridgehead atoms. The van der Waals surface area contributed by atoms with Gasteiger partial charge in [-0.15, -0.1) is 0 Å². The Morgan fingerprint density at radius 1 is 1.16 bits per heavy atom. The molecule has 0 aliphatic heterocycles. The van der Waals surface area contributed by atoms with Crippen LogP contribution in [0, 0.1) is 4.77 Å². The first-order valence-electron chi connectivity index (χ1n) is 7.50. The summed E-state index contributed by atoms with van der Waals surface area (Å²) in [6.45, 7) is 0.252. The fourth-order valence-electron chi connectivity index (χ4n) is 2.74. The third-order valence-electron chi connectivity index (χ3n) is 3.86. The van der Waals surface area contributed by atoms with Gasteiger partial charge in [-0.1, -0.05) is 29.8 Å². The molecule has 0 aliphatic carbocycles.